The number of aliphatic hydroxyl groups excluding tert-OH is 1. The van der Waals surface area contributed by atoms with Crippen molar-refractivity contribution in [1.29, 1.82) is 0 Å². The van der Waals surface area contributed by atoms with Crippen molar-refractivity contribution >= 4 is 10.0 Å². The highest BCUT2D eigenvalue weighted by molar-refractivity contribution is 7.89. The Bertz CT molecular complexity index is 511. The molecule has 1 aromatic rings. The van der Waals surface area contributed by atoms with E-state index < -0.39 is 10.0 Å². The van der Waals surface area contributed by atoms with Crippen LogP contribution in [0.15, 0.2) is 30.3 Å². The molecule has 0 atom stereocenters. The first-order chi connectivity index (χ1) is 10.1. The molecule has 1 fully saturated rings. The lowest BCUT2D eigenvalue weighted by Crippen LogP contribution is -2.45. The van der Waals surface area contributed by atoms with Crippen LogP contribution in [0.2, 0.25) is 0 Å². The molecule has 0 bridgehead atoms. The Morgan fingerprint density at radius 1 is 1.19 bits per heavy atom. The number of likely N-dealkylation sites (tertiary alicyclic amines) is 1. The molecule has 1 saturated heterocycles. The van der Waals surface area contributed by atoms with E-state index in [1.807, 2.05) is 18.2 Å². The second-order valence-corrected chi connectivity index (χ2v) is 7.42. The number of hydrogen-bond acceptors (Lipinski definition) is 4. The van der Waals surface area contributed by atoms with E-state index in [0.717, 1.165) is 32.5 Å². The van der Waals surface area contributed by atoms with Gasteiger partial charge in [0.15, 0.2) is 0 Å². The number of benzene rings is 1. The fourth-order valence-corrected chi connectivity index (χ4v) is 3.99. The zero-order chi connectivity index (χ0) is 15.1. The van der Waals surface area contributed by atoms with Crippen LogP contribution in [0.25, 0.3) is 0 Å². The van der Waals surface area contributed by atoms with E-state index in [-0.39, 0.29) is 18.4 Å². The smallest absolute Gasteiger partial charge is 0.211 e. The lowest BCUT2D eigenvalue weighted by molar-refractivity contribution is 0.200. The van der Waals surface area contributed by atoms with Gasteiger partial charge in [0.2, 0.25) is 10.0 Å². The van der Waals surface area contributed by atoms with Crippen molar-refractivity contribution in [3.8, 4) is 0 Å². The first-order valence-corrected chi connectivity index (χ1v) is 9.11. The molecule has 118 valence electrons. The largest absolute Gasteiger partial charge is 0.396 e. The quantitative estimate of drug-likeness (QED) is 0.786. The maximum absolute atomic E-state index is 11.8. The van der Waals surface area contributed by atoms with Gasteiger partial charge >= 0.3 is 0 Å². The molecule has 2 rings (SSSR count). The van der Waals surface area contributed by atoms with E-state index in [0.29, 0.717) is 6.42 Å². The van der Waals surface area contributed by atoms with Gasteiger partial charge in [-0.3, -0.25) is 4.90 Å². The second-order valence-electron chi connectivity index (χ2n) is 5.55. The molecule has 0 saturated carbocycles. The van der Waals surface area contributed by atoms with E-state index in [1.165, 1.54) is 5.56 Å². The first kappa shape index (κ1) is 16.4. The van der Waals surface area contributed by atoms with Gasteiger partial charge < -0.3 is 5.11 Å². The Kier molecular flexibility index (Phi) is 6.17. The summed E-state index contributed by atoms with van der Waals surface area (Å²) in [4.78, 5) is 2.36. The molecule has 0 spiro atoms. The van der Waals surface area contributed by atoms with Crippen LogP contribution >= 0.6 is 0 Å². The molecule has 21 heavy (non-hydrogen) atoms. The van der Waals surface area contributed by atoms with Gasteiger partial charge in [-0.25, -0.2) is 13.1 Å². The van der Waals surface area contributed by atoms with Crippen LogP contribution in [0.5, 0.6) is 0 Å². The van der Waals surface area contributed by atoms with Gasteiger partial charge in [-0.05, 0) is 24.8 Å². The van der Waals surface area contributed by atoms with Gasteiger partial charge in [0.05, 0.1) is 5.75 Å². The number of piperidine rings is 1. The average Bonchev–Trinajstić information content (AvgIpc) is 2.48. The van der Waals surface area contributed by atoms with E-state index in [4.69, 9.17) is 5.11 Å². The average molecular weight is 312 g/mol. The Morgan fingerprint density at radius 2 is 1.86 bits per heavy atom. The van der Waals surface area contributed by atoms with Crippen LogP contribution in [0.1, 0.15) is 24.8 Å². The van der Waals surface area contributed by atoms with Gasteiger partial charge in [-0.1, -0.05) is 30.3 Å². The number of nitrogens with one attached hydrogen (secondary N) is 1. The van der Waals surface area contributed by atoms with Crippen molar-refractivity contribution in [1.82, 2.24) is 9.62 Å². The highest BCUT2D eigenvalue weighted by atomic mass is 32.2. The predicted octanol–water partition coefficient (Wildman–Crippen LogP) is 0.953. The van der Waals surface area contributed by atoms with Gasteiger partial charge in [-0.15, -0.1) is 0 Å². The van der Waals surface area contributed by atoms with Crippen LogP contribution < -0.4 is 4.72 Å². The summed E-state index contributed by atoms with van der Waals surface area (Å²) in [6, 6.07) is 10.3. The van der Waals surface area contributed by atoms with Crippen molar-refractivity contribution in [2.24, 2.45) is 0 Å². The lowest BCUT2D eigenvalue weighted by Gasteiger charge is -2.32. The highest BCUT2D eigenvalue weighted by Crippen LogP contribution is 2.14. The van der Waals surface area contributed by atoms with E-state index >= 15 is 0 Å². The molecular weight excluding hydrogens is 288 g/mol. The normalized spacial score (nSPS) is 18.0. The zero-order valence-corrected chi connectivity index (χ0v) is 13.1. The molecule has 0 aromatic heterocycles. The summed E-state index contributed by atoms with van der Waals surface area (Å²) in [7, 11) is -3.25. The molecule has 0 amide bonds. The summed E-state index contributed by atoms with van der Waals surface area (Å²) in [5, 5.41) is 8.71. The first-order valence-electron chi connectivity index (χ1n) is 7.46. The van der Waals surface area contributed by atoms with Crippen molar-refractivity contribution in [3.05, 3.63) is 35.9 Å². The molecule has 2 N–H and O–H groups in total. The zero-order valence-electron chi connectivity index (χ0n) is 12.2. The molecule has 1 aliphatic rings. The third-order valence-electron chi connectivity index (χ3n) is 3.75. The minimum atomic E-state index is -3.25. The van der Waals surface area contributed by atoms with Gasteiger partial charge in [0, 0.05) is 32.3 Å². The lowest BCUT2D eigenvalue weighted by atomic mass is 10.1. The molecule has 5 nitrogen and oxygen atoms in total. The highest BCUT2D eigenvalue weighted by Gasteiger charge is 2.23. The predicted molar refractivity (Wildman–Crippen MR) is 83.4 cm³/mol. The summed E-state index contributed by atoms with van der Waals surface area (Å²) in [6.45, 7) is 2.64. The second kappa shape index (κ2) is 7.89. The van der Waals surface area contributed by atoms with Crippen LogP contribution in [0.3, 0.4) is 0 Å². The van der Waals surface area contributed by atoms with Crippen molar-refractivity contribution in [3.63, 3.8) is 0 Å². The number of rotatable bonds is 7. The third-order valence-corrected chi connectivity index (χ3v) is 5.27. The summed E-state index contributed by atoms with van der Waals surface area (Å²) in [5.74, 6) is 0.00767. The summed E-state index contributed by atoms with van der Waals surface area (Å²) in [6.07, 6.45) is 1.97. The number of aliphatic hydroxyl groups is 1. The molecule has 1 heterocycles. The minimum Gasteiger partial charge on any atom is -0.396 e. The summed E-state index contributed by atoms with van der Waals surface area (Å²) in [5.41, 5.74) is 1.29. The number of nitrogens with zero attached hydrogens (tertiary/aromatic N) is 1. The van der Waals surface area contributed by atoms with E-state index in [9.17, 15) is 8.42 Å². The Hall–Kier alpha value is -0.950. The maximum atomic E-state index is 11.8. The van der Waals surface area contributed by atoms with Crippen molar-refractivity contribution in [2.75, 3.05) is 25.4 Å². The number of hydrogen-bond donors (Lipinski definition) is 2. The molecular formula is C15H24N2O3S. The molecule has 0 radical (unpaired) electrons. The van der Waals surface area contributed by atoms with Crippen LogP contribution in [0, 0.1) is 0 Å². The standard InChI is InChI=1S/C15H24N2O3S/c18-11-4-12-21(19,20)16-15-7-9-17(10-8-15)13-14-5-2-1-3-6-14/h1-3,5-6,15-16,18H,4,7-13H2. The number of sulfonamides is 1. The van der Waals surface area contributed by atoms with Crippen LogP contribution in [-0.4, -0.2) is 49.9 Å². The molecule has 0 unspecified atom stereocenters. The summed E-state index contributed by atoms with van der Waals surface area (Å²) >= 11 is 0. The van der Waals surface area contributed by atoms with Crippen molar-refractivity contribution in [2.45, 2.75) is 31.8 Å². The Labute approximate surface area is 127 Å². The summed E-state index contributed by atoms with van der Waals surface area (Å²) < 4.78 is 26.3. The molecule has 6 heteroatoms. The fourth-order valence-electron chi connectivity index (χ4n) is 2.62. The Balaban J connectivity index is 1.75. The SMILES string of the molecule is O=S(=O)(CCCO)NC1CCN(Cc2ccccc2)CC1. The van der Waals surface area contributed by atoms with Gasteiger partial charge in [-0.2, -0.15) is 0 Å². The van der Waals surface area contributed by atoms with E-state index in [1.54, 1.807) is 0 Å². The fraction of sp³-hybridized carbons (Fsp3) is 0.600. The molecule has 1 aromatic carbocycles. The van der Waals surface area contributed by atoms with Crippen LogP contribution in [0.4, 0.5) is 0 Å². The minimum absolute atomic E-state index is 0.00767. The topological polar surface area (TPSA) is 69.6 Å². The van der Waals surface area contributed by atoms with Crippen LogP contribution in [-0.2, 0) is 16.6 Å². The van der Waals surface area contributed by atoms with Gasteiger partial charge in [0.25, 0.3) is 0 Å². The Morgan fingerprint density at radius 3 is 2.48 bits per heavy atom. The monoisotopic (exact) mass is 312 g/mol. The van der Waals surface area contributed by atoms with Gasteiger partial charge in [0.1, 0.15) is 0 Å². The molecule has 0 aliphatic carbocycles. The maximum Gasteiger partial charge on any atom is 0.211 e. The molecule has 1 aliphatic heterocycles. The van der Waals surface area contributed by atoms with Crippen molar-refractivity contribution < 1.29 is 13.5 Å². The third kappa shape index (κ3) is 5.74. The van der Waals surface area contributed by atoms with E-state index in [2.05, 4.69) is 21.8 Å².